The molecule has 0 heterocycles. The van der Waals surface area contributed by atoms with Gasteiger partial charge in [-0.05, 0) is 11.7 Å². The van der Waals surface area contributed by atoms with E-state index >= 15 is 0 Å². The van der Waals surface area contributed by atoms with Crippen LogP contribution in [0.2, 0.25) is 0 Å². The number of hydrazine groups is 1. The molecule has 12 heavy (non-hydrogen) atoms. The number of hydrogen-bond donors (Lipinski definition) is 2. The highest BCUT2D eigenvalue weighted by Crippen LogP contribution is 2.13. The molecule has 0 saturated carbocycles. The molecule has 0 aromatic rings. The third kappa shape index (κ3) is 6.95. The molecule has 1 unspecified atom stereocenters. The first-order valence-electron chi connectivity index (χ1n) is 4.78. The molecule has 0 saturated heterocycles. The van der Waals surface area contributed by atoms with Gasteiger partial charge in [0.2, 0.25) is 0 Å². The fourth-order valence-electron chi connectivity index (χ4n) is 0.974. The Balaban J connectivity index is 3.39. The second kappa shape index (κ2) is 7.90. The van der Waals surface area contributed by atoms with Crippen LogP contribution in [0.25, 0.3) is 0 Å². The van der Waals surface area contributed by atoms with Crippen molar-refractivity contribution in [3.63, 3.8) is 0 Å². The second-order valence-electron chi connectivity index (χ2n) is 3.39. The Morgan fingerprint density at radius 3 is 2.50 bits per heavy atom. The number of nitrogens with one attached hydrogen (secondary N) is 1. The second-order valence-corrected chi connectivity index (χ2v) is 5.00. The van der Waals surface area contributed by atoms with Gasteiger partial charge < -0.3 is 0 Å². The topological polar surface area (TPSA) is 38.0 Å². The van der Waals surface area contributed by atoms with E-state index in [1.807, 2.05) is 11.8 Å². The van der Waals surface area contributed by atoms with E-state index in [0.717, 1.165) is 5.75 Å². The molecule has 0 rings (SSSR count). The maximum Gasteiger partial charge on any atom is 0.0301 e. The van der Waals surface area contributed by atoms with Gasteiger partial charge >= 0.3 is 0 Å². The highest BCUT2D eigenvalue weighted by atomic mass is 32.2. The van der Waals surface area contributed by atoms with Crippen molar-refractivity contribution in [3.8, 4) is 0 Å². The Bertz CT molecular complexity index is 96.5. The molecule has 1 atom stereocenters. The lowest BCUT2D eigenvalue weighted by molar-refractivity contribution is 0.516. The van der Waals surface area contributed by atoms with E-state index in [2.05, 4.69) is 26.2 Å². The summed E-state index contributed by atoms with van der Waals surface area (Å²) in [7, 11) is 0. The first-order valence-corrected chi connectivity index (χ1v) is 5.83. The number of rotatable bonds is 7. The molecule has 2 nitrogen and oxygen atoms in total. The van der Waals surface area contributed by atoms with E-state index in [1.54, 1.807) is 0 Å². The lowest BCUT2D eigenvalue weighted by Crippen LogP contribution is -2.37. The number of hydrogen-bond acceptors (Lipinski definition) is 3. The lowest BCUT2D eigenvalue weighted by atomic mass is 10.1. The molecule has 0 aromatic heterocycles. The third-order valence-electron chi connectivity index (χ3n) is 1.77. The molecule has 0 amide bonds. The van der Waals surface area contributed by atoms with Gasteiger partial charge in [-0.25, -0.2) is 0 Å². The van der Waals surface area contributed by atoms with Crippen molar-refractivity contribution in [1.29, 1.82) is 0 Å². The van der Waals surface area contributed by atoms with Gasteiger partial charge in [-0.3, -0.25) is 11.3 Å². The van der Waals surface area contributed by atoms with E-state index < -0.39 is 0 Å². The molecule has 0 aliphatic carbocycles. The largest absolute Gasteiger partial charge is 0.271 e. The molecule has 74 valence electrons. The van der Waals surface area contributed by atoms with Crippen LogP contribution in [0.4, 0.5) is 0 Å². The first-order chi connectivity index (χ1) is 5.70. The van der Waals surface area contributed by atoms with Gasteiger partial charge in [0.1, 0.15) is 0 Å². The average molecular weight is 190 g/mol. The Labute approximate surface area is 80.6 Å². The molecule has 0 spiro atoms. The fraction of sp³-hybridized carbons (Fsp3) is 1.00. The summed E-state index contributed by atoms with van der Waals surface area (Å²) < 4.78 is 0. The van der Waals surface area contributed by atoms with Gasteiger partial charge in [0.15, 0.2) is 0 Å². The molecule has 3 N–H and O–H groups in total. The minimum absolute atomic E-state index is 0.498. The van der Waals surface area contributed by atoms with Crippen LogP contribution >= 0.6 is 11.8 Å². The summed E-state index contributed by atoms with van der Waals surface area (Å²) in [6.07, 6.45) is 3.73. The standard InChI is InChI=1S/C9H22N2S/c1-4-5-6-9(11-10)7-12-8(2)3/h8-9,11H,4-7,10H2,1-3H3. The maximum absolute atomic E-state index is 5.44. The highest BCUT2D eigenvalue weighted by Gasteiger charge is 2.06. The number of nitrogens with two attached hydrogens (primary N) is 1. The van der Waals surface area contributed by atoms with Crippen molar-refractivity contribution in [2.75, 3.05) is 5.75 Å². The highest BCUT2D eigenvalue weighted by molar-refractivity contribution is 7.99. The molecule has 0 radical (unpaired) electrons. The van der Waals surface area contributed by atoms with E-state index in [9.17, 15) is 0 Å². The van der Waals surface area contributed by atoms with E-state index in [-0.39, 0.29) is 0 Å². The van der Waals surface area contributed by atoms with Gasteiger partial charge in [0.05, 0.1) is 0 Å². The smallest absolute Gasteiger partial charge is 0.0301 e. The van der Waals surface area contributed by atoms with Crippen molar-refractivity contribution in [2.45, 2.75) is 51.3 Å². The normalized spacial score (nSPS) is 13.8. The Hall–Kier alpha value is 0.270. The van der Waals surface area contributed by atoms with E-state index in [1.165, 1.54) is 19.3 Å². The predicted molar refractivity (Wildman–Crippen MR) is 58.2 cm³/mol. The van der Waals surface area contributed by atoms with E-state index in [4.69, 9.17) is 5.84 Å². The van der Waals surface area contributed by atoms with Crippen molar-refractivity contribution in [3.05, 3.63) is 0 Å². The number of thioether (sulfide) groups is 1. The summed E-state index contributed by atoms with van der Waals surface area (Å²) in [4.78, 5) is 0. The SMILES string of the molecule is CCCCC(CSC(C)C)NN. The first kappa shape index (κ1) is 12.3. The Morgan fingerprint density at radius 1 is 1.42 bits per heavy atom. The molecule has 0 aliphatic rings. The molecular weight excluding hydrogens is 168 g/mol. The zero-order chi connectivity index (χ0) is 9.40. The molecule has 3 heteroatoms. The summed E-state index contributed by atoms with van der Waals surface area (Å²) >= 11 is 1.97. The van der Waals surface area contributed by atoms with Gasteiger partial charge in [0.25, 0.3) is 0 Å². The Morgan fingerprint density at radius 2 is 2.08 bits per heavy atom. The van der Waals surface area contributed by atoms with Crippen LogP contribution < -0.4 is 11.3 Å². The van der Waals surface area contributed by atoms with Crippen LogP contribution in [0, 0.1) is 0 Å². The van der Waals surface area contributed by atoms with Crippen molar-refractivity contribution < 1.29 is 0 Å². The summed E-state index contributed by atoms with van der Waals surface area (Å²) in [6.45, 7) is 6.65. The monoisotopic (exact) mass is 190 g/mol. The summed E-state index contributed by atoms with van der Waals surface area (Å²) in [6, 6.07) is 0.498. The van der Waals surface area contributed by atoms with Crippen LogP contribution in [0.3, 0.4) is 0 Å². The Kier molecular flexibility index (Phi) is 8.07. The average Bonchev–Trinajstić information content (AvgIpc) is 2.05. The molecule has 0 bridgehead atoms. The zero-order valence-electron chi connectivity index (χ0n) is 8.47. The summed E-state index contributed by atoms with van der Waals surface area (Å²) in [5, 5.41) is 0.711. The summed E-state index contributed by atoms with van der Waals surface area (Å²) in [5.41, 5.74) is 2.87. The minimum atomic E-state index is 0.498. The van der Waals surface area contributed by atoms with Crippen molar-refractivity contribution >= 4 is 11.8 Å². The van der Waals surface area contributed by atoms with Gasteiger partial charge in [-0.1, -0.05) is 33.6 Å². The molecule has 0 aromatic carbocycles. The lowest BCUT2D eigenvalue weighted by Gasteiger charge is -2.15. The van der Waals surface area contributed by atoms with Crippen LogP contribution in [0.1, 0.15) is 40.0 Å². The summed E-state index contributed by atoms with van der Waals surface area (Å²) in [5.74, 6) is 6.57. The van der Waals surface area contributed by atoms with Gasteiger partial charge in [0, 0.05) is 11.8 Å². The predicted octanol–water partition coefficient (Wildman–Crippen LogP) is 2.15. The molecular formula is C9H22N2S. The van der Waals surface area contributed by atoms with Gasteiger partial charge in [-0.2, -0.15) is 11.8 Å². The van der Waals surface area contributed by atoms with Crippen LogP contribution in [-0.2, 0) is 0 Å². The van der Waals surface area contributed by atoms with E-state index in [0.29, 0.717) is 11.3 Å². The molecule has 0 aliphatic heterocycles. The molecule has 0 fully saturated rings. The van der Waals surface area contributed by atoms with Gasteiger partial charge in [-0.15, -0.1) is 0 Å². The minimum Gasteiger partial charge on any atom is -0.271 e. The quantitative estimate of drug-likeness (QED) is 0.477. The third-order valence-corrected chi connectivity index (χ3v) is 3.03. The fourth-order valence-corrected chi connectivity index (χ4v) is 1.85. The van der Waals surface area contributed by atoms with Crippen LogP contribution in [0.5, 0.6) is 0 Å². The van der Waals surface area contributed by atoms with Crippen molar-refractivity contribution in [2.24, 2.45) is 5.84 Å². The van der Waals surface area contributed by atoms with Crippen LogP contribution in [-0.4, -0.2) is 17.0 Å². The van der Waals surface area contributed by atoms with Crippen LogP contribution in [0.15, 0.2) is 0 Å². The number of unbranched alkanes of at least 4 members (excludes halogenated alkanes) is 1. The maximum atomic E-state index is 5.44. The van der Waals surface area contributed by atoms with Crippen molar-refractivity contribution in [1.82, 2.24) is 5.43 Å². The zero-order valence-corrected chi connectivity index (χ0v) is 9.29.